The van der Waals surface area contributed by atoms with Crippen molar-refractivity contribution in [3.63, 3.8) is 0 Å². The van der Waals surface area contributed by atoms with Gasteiger partial charge in [0.25, 0.3) is 0 Å². The zero-order chi connectivity index (χ0) is 11.1. The van der Waals surface area contributed by atoms with Gasteiger partial charge in [-0.25, -0.2) is 4.39 Å². The summed E-state index contributed by atoms with van der Waals surface area (Å²) in [5, 5.41) is 4.23. The Kier molecular flexibility index (Phi) is 2.80. The summed E-state index contributed by atoms with van der Waals surface area (Å²) in [5.74, 6) is -6.40. The number of halogens is 8. The summed E-state index contributed by atoms with van der Waals surface area (Å²) in [6.07, 6.45) is -13.3. The molecule has 0 heterocycles. The predicted molar refractivity (Wildman–Crippen MR) is 20.7 cm³/mol. The number of hydrogen-bond acceptors (Lipinski definition) is 2. The zero-order valence-corrected chi connectivity index (χ0v) is 5.42. The quantitative estimate of drug-likeness (QED) is 0.316. The number of nitrogens with zero attached hydrogens (tertiary/aromatic N) is 1. The molecule has 0 saturated carbocycles. The molecule has 0 aliphatic carbocycles. The molecule has 0 amide bonds. The molecule has 10 heteroatoms. The number of alkyl halides is 7. The van der Waals surface area contributed by atoms with Crippen LogP contribution in [0, 0.1) is 0 Å². The van der Waals surface area contributed by atoms with Gasteiger partial charge in [-0.3, -0.25) is 5.21 Å². The van der Waals surface area contributed by atoms with Crippen molar-refractivity contribution in [1.82, 2.24) is 5.29 Å². The maximum Gasteiger partial charge on any atom is 0.451 e. The van der Waals surface area contributed by atoms with E-state index >= 15 is 0 Å². The molecule has 0 aliphatic rings. The van der Waals surface area contributed by atoms with Crippen LogP contribution in [0.15, 0.2) is 0 Å². The lowest BCUT2D eigenvalue weighted by Gasteiger charge is -2.29. The fourth-order valence-electron chi connectivity index (χ4n) is 0.370. The van der Waals surface area contributed by atoms with E-state index in [9.17, 15) is 35.2 Å². The SMILES string of the molecule is ON(F)C(F)(C(F)(F)F)C(F)(F)F. The normalized spacial score (nSPS) is 15.2. The minimum absolute atomic E-state index is 3.06. The highest BCUT2D eigenvalue weighted by atomic mass is 19.4. The molecule has 0 spiro atoms. The van der Waals surface area contributed by atoms with Gasteiger partial charge in [-0.05, 0) is 0 Å². The second kappa shape index (κ2) is 2.94. The second-order valence-electron chi connectivity index (χ2n) is 1.88. The molecule has 0 rings (SSSR count). The van der Waals surface area contributed by atoms with Gasteiger partial charge >= 0.3 is 18.1 Å². The van der Waals surface area contributed by atoms with Gasteiger partial charge in [0.15, 0.2) is 0 Å². The summed E-state index contributed by atoms with van der Waals surface area (Å²) in [4.78, 5) is 0. The Morgan fingerprint density at radius 2 is 1.00 bits per heavy atom. The first kappa shape index (κ1) is 12.4. The number of rotatable bonds is 1. The summed E-state index contributed by atoms with van der Waals surface area (Å²) in [6.45, 7) is 0. The van der Waals surface area contributed by atoms with E-state index in [1.807, 2.05) is 0 Å². The van der Waals surface area contributed by atoms with E-state index < -0.39 is 23.4 Å². The molecule has 0 fully saturated rings. The molecular weight excluding hydrogens is 218 g/mol. The molecule has 0 radical (unpaired) electrons. The standard InChI is InChI=1S/C3HF8NO/c4-1(12(11)13,2(5,6)7)3(8,9)10/h13H. The lowest BCUT2D eigenvalue weighted by atomic mass is 10.2. The van der Waals surface area contributed by atoms with Crippen LogP contribution in [0.3, 0.4) is 0 Å². The Balaban J connectivity index is 5.22. The summed E-state index contributed by atoms with van der Waals surface area (Å²) < 4.78 is 91.2. The zero-order valence-electron chi connectivity index (χ0n) is 5.42. The van der Waals surface area contributed by atoms with Crippen molar-refractivity contribution in [1.29, 1.82) is 0 Å². The monoisotopic (exact) mass is 219 g/mol. The van der Waals surface area contributed by atoms with Gasteiger partial charge in [0, 0.05) is 5.29 Å². The van der Waals surface area contributed by atoms with Gasteiger partial charge < -0.3 is 0 Å². The minimum atomic E-state index is -6.63. The summed E-state index contributed by atoms with van der Waals surface area (Å²) >= 11 is 0. The topological polar surface area (TPSA) is 23.5 Å². The Hall–Kier alpha value is -0.640. The van der Waals surface area contributed by atoms with Crippen LogP contribution in [-0.4, -0.2) is 28.6 Å². The Labute approximate surface area is 65.2 Å². The highest BCUT2D eigenvalue weighted by Crippen LogP contribution is 2.47. The van der Waals surface area contributed by atoms with E-state index in [0.717, 1.165) is 0 Å². The van der Waals surface area contributed by atoms with Crippen molar-refractivity contribution in [3.8, 4) is 0 Å². The fourth-order valence-corrected chi connectivity index (χ4v) is 0.370. The number of hydroxylamine groups is 1. The molecule has 0 atom stereocenters. The van der Waals surface area contributed by atoms with Crippen molar-refractivity contribution < 1.29 is 40.4 Å². The smallest absolute Gasteiger partial charge is 0.282 e. The van der Waals surface area contributed by atoms with Crippen molar-refractivity contribution in [2.75, 3.05) is 0 Å². The fraction of sp³-hybridized carbons (Fsp3) is 1.00. The second-order valence-corrected chi connectivity index (χ2v) is 1.88. The predicted octanol–water partition coefficient (Wildman–Crippen LogP) is 2.35. The first-order valence-electron chi connectivity index (χ1n) is 2.42. The van der Waals surface area contributed by atoms with Crippen molar-refractivity contribution >= 4 is 0 Å². The third-order valence-corrected chi connectivity index (χ3v) is 1.01. The van der Waals surface area contributed by atoms with Crippen LogP contribution in [0.4, 0.5) is 35.2 Å². The van der Waals surface area contributed by atoms with Gasteiger partial charge in [-0.15, -0.1) is 4.48 Å². The van der Waals surface area contributed by atoms with Crippen LogP contribution in [-0.2, 0) is 0 Å². The largest absolute Gasteiger partial charge is 0.451 e. The molecule has 80 valence electrons. The van der Waals surface area contributed by atoms with E-state index in [4.69, 9.17) is 5.21 Å². The van der Waals surface area contributed by atoms with Crippen LogP contribution >= 0.6 is 0 Å². The van der Waals surface area contributed by atoms with E-state index in [1.54, 1.807) is 0 Å². The van der Waals surface area contributed by atoms with Crippen molar-refractivity contribution in [2.45, 2.75) is 18.1 Å². The maximum absolute atomic E-state index is 12.0. The van der Waals surface area contributed by atoms with Crippen LogP contribution in [0.2, 0.25) is 0 Å². The number of hydrogen-bond donors (Lipinski definition) is 1. The van der Waals surface area contributed by atoms with Gasteiger partial charge in [-0.2, -0.15) is 26.3 Å². The first-order chi connectivity index (χ1) is 5.44. The molecule has 0 bridgehead atoms. The van der Waals surface area contributed by atoms with Gasteiger partial charge in [0.2, 0.25) is 0 Å². The first-order valence-corrected chi connectivity index (χ1v) is 2.42. The Morgan fingerprint density at radius 3 is 1.00 bits per heavy atom. The highest BCUT2D eigenvalue weighted by molar-refractivity contribution is 4.88. The molecule has 1 N–H and O–H groups in total. The molecule has 13 heavy (non-hydrogen) atoms. The van der Waals surface area contributed by atoms with E-state index in [0.29, 0.717) is 0 Å². The molecule has 0 aromatic rings. The molecule has 0 unspecified atom stereocenters. The summed E-state index contributed by atoms with van der Waals surface area (Å²) in [5.41, 5.74) is 0. The summed E-state index contributed by atoms with van der Waals surface area (Å²) in [6, 6.07) is 0. The minimum Gasteiger partial charge on any atom is -0.282 e. The third kappa shape index (κ3) is 1.82. The van der Waals surface area contributed by atoms with Crippen LogP contribution < -0.4 is 0 Å². The van der Waals surface area contributed by atoms with Gasteiger partial charge in [0.05, 0.1) is 0 Å². The molecule has 0 aromatic carbocycles. The summed E-state index contributed by atoms with van der Waals surface area (Å²) in [7, 11) is 0. The average molecular weight is 219 g/mol. The molecule has 0 saturated heterocycles. The lowest BCUT2D eigenvalue weighted by molar-refractivity contribution is -0.481. The Morgan fingerprint density at radius 1 is 0.769 bits per heavy atom. The third-order valence-electron chi connectivity index (χ3n) is 1.01. The van der Waals surface area contributed by atoms with Gasteiger partial charge in [-0.1, -0.05) is 0 Å². The van der Waals surface area contributed by atoms with E-state index in [1.165, 1.54) is 0 Å². The lowest BCUT2D eigenvalue weighted by Crippen LogP contribution is -2.61. The average Bonchev–Trinajstić information content (AvgIpc) is 1.80. The van der Waals surface area contributed by atoms with E-state index in [-0.39, 0.29) is 0 Å². The van der Waals surface area contributed by atoms with Crippen LogP contribution in [0.1, 0.15) is 0 Å². The van der Waals surface area contributed by atoms with Crippen LogP contribution in [0.25, 0.3) is 0 Å². The van der Waals surface area contributed by atoms with Gasteiger partial charge in [0.1, 0.15) is 0 Å². The maximum atomic E-state index is 12.0. The molecule has 0 aliphatic heterocycles. The van der Waals surface area contributed by atoms with Crippen LogP contribution in [0.5, 0.6) is 0 Å². The molecule has 0 aromatic heterocycles. The highest BCUT2D eigenvalue weighted by Gasteiger charge is 2.77. The van der Waals surface area contributed by atoms with Crippen molar-refractivity contribution in [3.05, 3.63) is 0 Å². The van der Waals surface area contributed by atoms with E-state index in [2.05, 4.69) is 0 Å². The molecular formula is C3HF8NO. The van der Waals surface area contributed by atoms with Crippen molar-refractivity contribution in [2.24, 2.45) is 0 Å². The molecule has 2 nitrogen and oxygen atoms in total. The Bertz CT molecular complexity index is 167.